The lowest BCUT2D eigenvalue weighted by atomic mass is 10.2. The van der Waals surface area contributed by atoms with E-state index in [9.17, 15) is 0 Å². The first-order chi connectivity index (χ1) is 8.65. The number of oxime groups is 1. The Hall–Kier alpha value is -1.89. The number of hydrogen-bond acceptors (Lipinski definition) is 6. The van der Waals surface area contributed by atoms with Crippen molar-refractivity contribution in [3.8, 4) is 0 Å². The van der Waals surface area contributed by atoms with Gasteiger partial charge in [-0.15, -0.1) is 0 Å². The largest absolute Gasteiger partial charge is 0.409 e. The zero-order valence-corrected chi connectivity index (χ0v) is 10.9. The molecule has 0 fully saturated rings. The van der Waals surface area contributed by atoms with Gasteiger partial charge in [-0.2, -0.15) is 0 Å². The van der Waals surface area contributed by atoms with Crippen molar-refractivity contribution in [2.45, 2.75) is 19.9 Å². The summed E-state index contributed by atoms with van der Waals surface area (Å²) in [6, 6.07) is 0.113. The summed E-state index contributed by atoms with van der Waals surface area (Å²) in [6.07, 6.45) is 3.08. The summed E-state index contributed by atoms with van der Waals surface area (Å²) in [4.78, 5) is 10.3. The Labute approximate surface area is 106 Å². The molecule has 0 bridgehead atoms. The first-order valence-corrected chi connectivity index (χ1v) is 5.70. The van der Waals surface area contributed by atoms with Gasteiger partial charge in [0.2, 0.25) is 0 Å². The average molecular weight is 253 g/mol. The summed E-state index contributed by atoms with van der Waals surface area (Å²) in [5.41, 5.74) is 5.97. The smallest absolute Gasteiger partial charge is 0.192 e. The van der Waals surface area contributed by atoms with Crippen molar-refractivity contribution >= 4 is 11.7 Å². The van der Waals surface area contributed by atoms with Crippen LogP contribution in [0.2, 0.25) is 0 Å². The molecule has 1 heterocycles. The zero-order chi connectivity index (χ0) is 13.5. The van der Waals surface area contributed by atoms with E-state index in [0.29, 0.717) is 18.1 Å². The zero-order valence-electron chi connectivity index (χ0n) is 10.9. The predicted molar refractivity (Wildman–Crippen MR) is 68.9 cm³/mol. The van der Waals surface area contributed by atoms with Gasteiger partial charge in [0.25, 0.3) is 0 Å². The maximum Gasteiger partial charge on any atom is 0.192 e. The van der Waals surface area contributed by atoms with Crippen LogP contribution in [0, 0.1) is 0 Å². The Balaban J connectivity index is 3.13. The maximum atomic E-state index is 8.76. The van der Waals surface area contributed by atoms with Gasteiger partial charge in [-0.05, 0) is 13.8 Å². The average Bonchev–Trinajstić information content (AvgIpc) is 2.39. The molecular formula is C11H19N5O2. The van der Waals surface area contributed by atoms with E-state index in [1.54, 1.807) is 13.3 Å². The number of aromatic nitrogens is 2. The number of anilines is 1. The predicted octanol–water partition coefficient (Wildman–Crippen LogP) is 0.432. The highest BCUT2D eigenvalue weighted by Gasteiger charge is 2.20. The Bertz CT molecular complexity index is 410. The minimum Gasteiger partial charge on any atom is -0.409 e. The number of amidine groups is 1. The van der Waals surface area contributed by atoms with Gasteiger partial charge in [-0.3, -0.25) is 0 Å². The molecule has 0 aliphatic heterocycles. The Morgan fingerprint density at radius 2 is 2.22 bits per heavy atom. The van der Waals surface area contributed by atoms with E-state index in [1.807, 2.05) is 18.7 Å². The van der Waals surface area contributed by atoms with Crippen LogP contribution in [0.3, 0.4) is 0 Å². The molecule has 18 heavy (non-hydrogen) atoms. The van der Waals surface area contributed by atoms with Crippen molar-refractivity contribution in [3.05, 3.63) is 18.1 Å². The first kappa shape index (κ1) is 14.2. The Kier molecular flexibility index (Phi) is 5.31. The van der Waals surface area contributed by atoms with Crippen LogP contribution >= 0.6 is 0 Å². The normalized spacial score (nSPS) is 13.4. The molecule has 1 unspecified atom stereocenters. The number of ether oxygens (including phenoxy) is 1. The van der Waals surface area contributed by atoms with Gasteiger partial charge in [0.15, 0.2) is 17.3 Å². The van der Waals surface area contributed by atoms with Gasteiger partial charge in [0.05, 0.1) is 12.6 Å². The lowest BCUT2D eigenvalue weighted by Crippen LogP contribution is -2.38. The van der Waals surface area contributed by atoms with E-state index in [0.717, 1.165) is 6.54 Å². The first-order valence-electron chi connectivity index (χ1n) is 5.70. The number of hydrogen-bond donors (Lipinski definition) is 2. The highest BCUT2D eigenvalue weighted by atomic mass is 16.5. The van der Waals surface area contributed by atoms with E-state index in [4.69, 9.17) is 15.7 Å². The van der Waals surface area contributed by atoms with Crippen LogP contribution in [-0.4, -0.2) is 47.3 Å². The highest BCUT2D eigenvalue weighted by molar-refractivity contribution is 5.99. The fourth-order valence-corrected chi connectivity index (χ4v) is 1.77. The lowest BCUT2D eigenvalue weighted by Gasteiger charge is -2.29. The monoisotopic (exact) mass is 253 g/mol. The van der Waals surface area contributed by atoms with Crippen molar-refractivity contribution in [2.75, 3.05) is 25.2 Å². The third-order valence-corrected chi connectivity index (χ3v) is 2.58. The molecule has 0 aliphatic carbocycles. The van der Waals surface area contributed by atoms with Crippen molar-refractivity contribution < 1.29 is 9.94 Å². The standard InChI is InChI=1S/C11H19N5O2/c1-4-16(8(2)7-18-3)11-9(10(12)15-17)13-5-6-14-11/h5-6,8,17H,4,7H2,1-3H3,(H2,12,15). The molecule has 1 aromatic heterocycles. The van der Waals surface area contributed by atoms with E-state index in [1.165, 1.54) is 6.20 Å². The van der Waals surface area contributed by atoms with E-state index < -0.39 is 0 Å². The molecule has 1 atom stereocenters. The molecule has 7 heteroatoms. The van der Waals surface area contributed by atoms with Crippen molar-refractivity contribution in [1.29, 1.82) is 0 Å². The SMILES string of the molecule is CCN(c1nccnc1C(N)=NO)C(C)COC. The van der Waals surface area contributed by atoms with Crippen LogP contribution in [-0.2, 0) is 4.74 Å². The second kappa shape index (κ2) is 6.75. The van der Waals surface area contributed by atoms with E-state index in [-0.39, 0.29) is 11.9 Å². The minimum absolute atomic E-state index is 0.0545. The Morgan fingerprint density at radius 3 is 2.78 bits per heavy atom. The molecule has 3 N–H and O–H groups in total. The van der Waals surface area contributed by atoms with Gasteiger partial charge in [-0.25, -0.2) is 9.97 Å². The van der Waals surface area contributed by atoms with E-state index >= 15 is 0 Å². The summed E-state index contributed by atoms with van der Waals surface area (Å²) in [5, 5.41) is 11.7. The summed E-state index contributed by atoms with van der Waals surface area (Å²) in [5.74, 6) is 0.529. The molecule has 0 saturated carbocycles. The minimum atomic E-state index is -0.0545. The molecule has 100 valence electrons. The second-order valence-electron chi connectivity index (χ2n) is 3.80. The second-order valence-corrected chi connectivity index (χ2v) is 3.80. The number of likely N-dealkylation sites (N-methyl/N-ethyl adjacent to an activating group) is 1. The fourth-order valence-electron chi connectivity index (χ4n) is 1.77. The summed E-state index contributed by atoms with van der Waals surface area (Å²) in [6.45, 7) is 5.28. The molecule has 1 rings (SSSR count). The molecule has 0 aromatic carbocycles. The number of rotatable bonds is 6. The maximum absolute atomic E-state index is 8.76. The number of methoxy groups -OCH3 is 1. The fraction of sp³-hybridized carbons (Fsp3) is 0.545. The van der Waals surface area contributed by atoms with Crippen LogP contribution < -0.4 is 10.6 Å². The summed E-state index contributed by atoms with van der Waals surface area (Å²) < 4.78 is 5.13. The van der Waals surface area contributed by atoms with Crippen molar-refractivity contribution in [1.82, 2.24) is 9.97 Å². The summed E-state index contributed by atoms with van der Waals surface area (Å²) in [7, 11) is 1.64. The topological polar surface area (TPSA) is 96.9 Å². The van der Waals surface area contributed by atoms with E-state index in [2.05, 4.69) is 15.1 Å². The quantitative estimate of drug-likeness (QED) is 0.330. The van der Waals surface area contributed by atoms with Crippen molar-refractivity contribution in [2.24, 2.45) is 10.9 Å². The molecule has 0 spiro atoms. The Morgan fingerprint density at radius 1 is 1.56 bits per heavy atom. The van der Waals surface area contributed by atoms with Crippen molar-refractivity contribution in [3.63, 3.8) is 0 Å². The molecular weight excluding hydrogens is 234 g/mol. The summed E-state index contributed by atoms with van der Waals surface area (Å²) >= 11 is 0. The number of nitrogens with zero attached hydrogens (tertiary/aromatic N) is 4. The van der Waals surface area contributed by atoms with Crippen LogP contribution in [0.5, 0.6) is 0 Å². The van der Waals surface area contributed by atoms with Gasteiger partial charge < -0.3 is 20.6 Å². The number of nitrogens with two attached hydrogens (primary N) is 1. The van der Waals surface area contributed by atoms with Crippen LogP contribution in [0.4, 0.5) is 5.82 Å². The van der Waals surface area contributed by atoms with Crippen LogP contribution in [0.1, 0.15) is 19.5 Å². The molecule has 1 aromatic rings. The molecule has 0 aliphatic rings. The van der Waals surface area contributed by atoms with Crippen LogP contribution in [0.15, 0.2) is 17.5 Å². The molecule has 0 saturated heterocycles. The van der Waals surface area contributed by atoms with Gasteiger partial charge in [0, 0.05) is 26.0 Å². The lowest BCUT2D eigenvalue weighted by molar-refractivity contribution is 0.181. The van der Waals surface area contributed by atoms with Crippen LogP contribution in [0.25, 0.3) is 0 Å². The van der Waals surface area contributed by atoms with Gasteiger partial charge >= 0.3 is 0 Å². The molecule has 7 nitrogen and oxygen atoms in total. The van der Waals surface area contributed by atoms with Gasteiger partial charge in [0.1, 0.15) is 0 Å². The highest BCUT2D eigenvalue weighted by Crippen LogP contribution is 2.17. The third-order valence-electron chi connectivity index (χ3n) is 2.58. The third kappa shape index (κ3) is 3.07. The molecule has 0 amide bonds. The van der Waals surface area contributed by atoms with Gasteiger partial charge in [-0.1, -0.05) is 5.16 Å². The molecule has 0 radical (unpaired) electrons.